The van der Waals surface area contributed by atoms with Crippen LogP contribution in [0.3, 0.4) is 0 Å². The molecule has 0 unspecified atom stereocenters. The Labute approximate surface area is 144 Å². The predicted octanol–water partition coefficient (Wildman–Crippen LogP) is 2.14. The fourth-order valence-electron chi connectivity index (χ4n) is 2.61. The minimum absolute atomic E-state index is 0.143. The van der Waals surface area contributed by atoms with Gasteiger partial charge in [-0.15, -0.1) is 0 Å². The zero-order valence-electron chi connectivity index (χ0n) is 13.7. The van der Waals surface area contributed by atoms with Gasteiger partial charge in [0.25, 0.3) is 0 Å². The third-order valence-electron chi connectivity index (χ3n) is 3.76. The van der Waals surface area contributed by atoms with Crippen LogP contribution in [0.25, 0.3) is 0 Å². The van der Waals surface area contributed by atoms with Crippen LogP contribution in [0.1, 0.15) is 34.6 Å². The van der Waals surface area contributed by atoms with E-state index in [1.807, 2.05) is 23.1 Å². The largest absolute Gasteiger partial charge is 0.462 e. The standard InChI is InChI=1S/C18H21NO6/c20-10-16-4-1-13(23-16)7-19(8-14-2-5-17(11-21)24-14)9-15-3-6-18(12-22)25-15/h1-6,20-22H,7-12H2. The summed E-state index contributed by atoms with van der Waals surface area (Å²) < 4.78 is 16.7. The van der Waals surface area contributed by atoms with Gasteiger partial charge in [-0.1, -0.05) is 0 Å². The topological polar surface area (TPSA) is 103 Å². The van der Waals surface area contributed by atoms with E-state index in [-0.39, 0.29) is 19.8 Å². The van der Waals surface area contributed by atoms with Gasteiger partial charge in [-0.05, 0) is 36.4 Å². The molecule has 3 heterocycles. The van der Waals surface area contributed by atoms with E-state index >= 15 is 0 Å². The molecule has 0 bridgehead atoms. The molecule has 3 rings (SSSR count). The third-order valence-corrected chi connectivity index (χ3v) is 3.76. The molecule has 0 aliphatic heterocycles. The molecule has 3 N–H and O–H groups in total. The Bertz CT molecular complexity index is 682. The molecule has 3 aromatic rings. The van der Waals surface area contributed by atoms with Crippen molar-refractivity contribution in [1.29, 1.82) is 0 Å². The summed E-state index contributed by atoms with van der Waals surface area (Å²) >= 11 is 0. The lowest BCUT2D eigenvalue weighted by Crippen LogP contribution is -2.21. The van der Waals surface area contributed by atoms with E-state index < -0.39 is 0 Å². The van der Waals surface area contributed by atoms with Gasteiger partial charge >= 0.3 is 0 Å². The van der Waals surface area contributed by atoms with E-state index in [2.05, 4.69) is 0 Å². The maximum absolute atomic E-state index is 9.13. The maximum atomic E-state index is 9.13. The smallest absolute Gasteiger partial charge is 0.129 e. The van der Waals surface area contributed by atoms with Crippen LogP contribution in [0.5, 0.6) is 0 Å². The molecule has 134 valence electrons. The Kier molecular flexibility index (Phi) is 5.72. The molecule has 0 amide bonds. The average Bonchev–Trinajstić information content (AvgIpc) is 3.35. The Morgan fingerprint density at radius 3 is 1.04 bits per heavy atom. The molecular weight excluding hydrogens is 326 g/mol. The van der Waals surface area contributed by atoms with Crippen molar-refractivity contribution in [2.75, 3.05) is 0 Å². The monoisotopic (exact) mass is 347 g/mol. The first-order valence-electron chi connectivity index (χ1n) is 7.98. The Morgan fingerprint density at radius 1 is 0.520 bits per heavy atom. The molecule has 0 fully saturated rings. The first-order chi connectivity index (χ1) is 12.2. The van der Waals surface area contributed by atoms with Crippen molar-refractivity contribution >= 4 is 0 Å². The highest BCUT2D eigenvalue weighted by molar-refractivity contribution is 5.10. The zero-order chi connectivity index (χ0) is 17.6. The Balaban J connectivity index is 1.73. The summed E-state index contributed by atoms with van der Waals surface area (Å²) in [4.78, 5) is 2.04. The van der Waals surface area contributed by atoms with Gasteiger partial charge in [0.2, 0.25) is 0 Å². The zero-order valence-corrected chi connectivity index (χ0v) is 13.7. The van der Waals surface area contributed by atoms with Gasteiger partial charge in [0, 0.05) is 0 Å². The van der Waals surface area contributed by atoms with Crippen LogP contribution in [0.4, 0.5) is 0 Å². The summed E-state index contributed by atoms with van der Waals surface area (Å²) in [6.45, 7) is 1.04. The third kappa shape index (κ3) is 4.61. The molecule has 3 aromatic heterocycles. The molecule has 7 heteroatoms. The summed E-state index contributed by atoms with van der Waals surface area (Å²) in [5, 5.41) is 27.4. The van der Waals surface area contributed by atoms with Gasteiger partial charge in [0.15, 0.2) is 0 Å². The maximum Gasteiger partial charge on any atom is 0.129 e. The van der Waals surface area contributed by atoms with Gasteiger partial charge < -0.3 is 28.6 Å². The molecule has 0 radical (unpaired) electrons. The molecule has 0 aliphatic carbocycles. The van der Waals surface area contributed by atoms with Crippen LogP contribution in [0, 0.1) is 0 Å². The van der Waals surface area contributed by atoms with E-state index in [1.54, 1.807) is 18.2 Å². The summed E-state index contributed by atoms with van der Waals surface area (Å²) in [6, 6.07) is 10.7. The second-order valence-electron chi connectivity index (χ2n) is 5.72. The summed E-state index contributed by atoms with van der Waals surface area (Å²) in [5.41, 5.74) is 0. The Hall–Kier alpha value is -2.32. The van der Waals surface area contributed by atoms with Gasteiger partial charge in [-0.2, -0.15) is 0 Å². The normalized spacial score (nSPS) is 11.5. The van der Waals surface area contributed by atoms with Crippen molar-refractivity contribution in [3.8, 4) is 0 Å². The molecule has 7 nitrogen and oxygen atoms in total. The first-order valence-corrected chi connectivity index (χ1v) is 7.98. The van der Waals surface area contributed by atoms with Crippen LogP contribution in [-0.2, 0) is 39.5 Å². The Morgan fingerprint density at radius 2 is 0.800 bits per heavy atom. The average molecular weight is 347 g/mol. The second kappa shape index (κ2) is 8.17. The van der Waals surface area contributed by atoms with Crippen LogP contribution in [0.15, 0.2) is 49.6 Å². The number of hydrogen-bond donors (Lipinski definition) is 3. The number of nitrogens with zero attached hydrogens (tertiary/aromatic N) is 1. The quantitative estimate of drug-likeness (QED) is 0.545. The SMILES string of the molecule is OCc1ccc(CN(Cc2ccc(CO)o2)Cc2ccc(CO)o2)o1. The highest BCUT2D eigenvalue weighted by Gasteiger charge is 2.15. The highest BCUT2D eigenvalue weighted by atomic mass is 16.4. The molecule has 25 heavy (non-hydrogen) atoms. The fourth-order valence-corrected chi connectivity index (χ4v) is 2.61. The molecule has 0 aromatic carbocycles. The van der Waals surface area contributed by atoms with E-state index in [9.17, 15) is 0 Å². The van der Waals surface area contributed by atoms with Gasteiger partial charge in [-0.25, -0.2) is 0 Å². The number of rotatable bonds is 9. The minimum Gasteiger partial charge on any atom is -0.462 e. The van der Waals surface area contributed by atoms with Crippen molar-refractivity contribution in [1.82, 2.24) is 4.90 Å². The van der Waals surface area contributed by atoms with Crippen molar-refractivity contribution in [2.45, 2.75) is 39.5 Å². The van der Waals surface area contributed by atoms with Gasteiger partial charge in [0.1, 0.15) is 54.4 Å². The number of hydrogen-bond acceptors (Lipinski definition) is 7. The van der Waals surface area contributed by atoms with Crippen molar-refractivity contribution in [3.63, 3.8) is 0 Å². The van der Waals surface area contributed by atoms with Crippen molar-refractivity contribution in [2.24, 2.45) is 0 Å². The van der Waals surface area contributed by atoms with E-state index in [0.717, 1.165) is 0 Å². The molecule has 0 saturated heterocycles. The molecular formula is C18H21NO6. The lowest BCUT2D eigenvalue weighted by atomic mass is 10.3. The van der Waals surface area contributed by atoms with E-state index in [1.165, 1.54) is 0 Å². The van der Waals surface area contributed by atoms with Gasteiger partial charge in [0.05, 0.1) is 19.6 Å². The first kappa shape index (κ1) is 17.5. The van der Waals surface area contributed by atoms with E-state index in [0.29, 0.717) is 54.2 Å². The van der Waals surface area contributed by atoms with Crippen molar-refractivity contribution in [3.05, 3.63) is 71.0 Å². The summed E-state index contributed by atoms with van der Waals surface area (Å²) in [5.74, 6) is 3.68. The van der Waals surface area contributed by atoms with E-state index in [4.69, 9.17) is 28.6 Å². The lowest BCUT2D eigenvalue weighted by Gasteiger charge is -2.18. The van der Waals surface area contributed by atoms with Crippen molar-refractivity contribution < 1.29 is 28.6 Å². The second-order valence-corrected chi connectivity index (χ2v) is 5.72. The molecule has 0 saturated carbocycles. The molecule has 0 aliphatic rings. The van der Waals surface area contributed by atoms with Crippen LogP contribution in [0.2, 0.25) is 0 Å². The highest BCUT2D eigenvalue weighted by Crippen LogP contribution is 2.19. The number of furan rings is 3. The summed E-state index contributed by atoms with van der Waals surface area (Å²) in [6.07, 6.45) is 0. The lowest BCUT2D eigenvalue weighted by molar-refractivity contribution is 0.175. The molecule has 0 atom stereocenters. The van der Waals surface area contributed by atoms with Crippen LogP contribution >= 0.6 is 0 Å². The molecule has 0 spiro atoms. The fraction of sp³-hybridized carbons (Fsp3) is 0.333. The summed E-state index contributed by atoms with van der Waals surface area (Å²) in [7, 11) is 0. The van der Waals surface area contributed by atoms with Gasteiger partial charge in [-0.3, -0.25) is 4.90 Å². The minimum atomic E-state index is -0.143. The van der Waals surface area contributed by atoms with Crippen LogP contribution < -0.4 is 0 Å². The number of aliphatic hydroxyl groups is 3. The van der Waals surface area contributed by atoms with Crippen LogP contribution in [-0.4, -0.2) is 20.2 Å². The number of aliphatic hydroxyl groups excluding tert-OH is 3. The predicted molar refractivity (Wildman–Crippen MR) is 86.8 cm³/mol.